The van der Waals surface area contributed by atoms with E-state index in [1.807, 2.05) is 0 Å². The van der Waals surface area contributed by atoms with Gasteiger partial charge in [-0.25, -0.2) is 0 Å². The molecule has 1 heterocycles. The standard InChI is InChI=1S/C13H18O3/c1-9-5-4-6-13(2,3)11(9)12-15-8-10(7-14)16-12/h4-5,7,10,12H,6,8H2,1-3H3. The molecule has 0 N–H and O–H groups in total. The van der Waals surface area contributed by atoms with E-state index in [1.165, 1.54) is 11.1 Å². The van der Waals surface area contributed by atoms with Crippen molar-refractivity contribution in [1.82, 2.24) is 0 Å². The zero-order valence-corrected chi connectivity index (χ0v) is 10.0. The highest BCUT2D eigenvalue weighted by Crippen LogP contribution is 2.41. The lowest BCUT2D eigenvalue weighted by atomic mass is 9.75. The molecule has 0 saturated carbocycles. The largest absolute Gasteiger partial charge is 0.345 e. The molecule has 1 aliphatic carbocycles. The molecule has 2 aliphatic rings. The number of carbonyl (C=O) groups is 1. The van der Waals surface area contributed by atoms with Gasteiger partial charge in [0.05, 0.1) is 6.61 Å². The third-order valence-electron chi connectivity index (χ3n) is 3.25. The van der Waals surface area contributed by atoms with Crippen molar-refractivity contribution in [2.24, 2.45) is 5.41 Å². The second-order valence-electron chi connectivity index (χ2n) is 5.06. The van der Waals surface area contributed by atoms with Crippen LogP contribution in [0.15, 0.2) is 23.3 Å². The summed E-state index contributed by atoms with van der Waals surface area (Å²) in [6.07, 6.45) is 5.30. The van der Waals surface area contributed by atoms with Crippen LogP contribution in [-0.4, -0.2) is 25.3 Å². The molecular weight excluding hydrogens is 204 g/mol. The van der Waals surface area contributed by atoms with Crippen LogP contribution in [0.5, 0.6) is 0 Å². The first-order chi connectivity index (χ1) is 7.54. The fourth-order valence-corrected chi connectivity index (χ4v) is 2.41. The minimum absolute atomic E-state index is 0.0429. The predicted molar refractivity (Wildman–Crippen MR) is 60.9 cm³/mol. The van der Waals surface area contributed by atoms with Gasteiger partial charge in [0, 0.05) is 0 Å². The quantitative estimate of drug-likeness (QED) is 0.672. The van der Waals surface area contributed by atoms with E-state index < -0.39 is 6.10 Å². The first-order valence-corrected chi connectivity index (χ1v) is 5.65. The van der Waals surface area contributed by atoms with E-state index >= 15 is 0 Å². The number of carbonyl (C=O) groups excluding carboxylic acids is 1. The Kier molecular flexibility index (Phi) is 3.00. The maximum Gasteiger partial charge on any atom is 0.181 e. The SMILES string of the molecule is CC1=C(C2OCC(C=O)O2)C(C)(C)CC=C1. The molecule has 0 aromatic carbocycles. The fourth-order valence-electron chi connectivity index (χ4n) is 2.41. The van der Waals surface area contributed by atoms with Crippen molar-refractivity contribution >= 4 is 6.29 Å². The Bertz CT molecular complexity index is 352. The molecule has 16 heavy (non-hydrogen) atoms. The van der Waals surface area contributed by atoms with E-state index in [0.717, 1.165) is 12.7 Å². The normalized spacial score (nSPS) is 33.2. The predicted octanol–water partition coefficient (Wildman–Crippen LogP) is 2.23. The number of aldehydes is 1. The summed E-state index contributed by atoms with van der Waals surface area (Å²) in [5.41, 5.74) is 2.40. The molecule has 88 valence electrons. The van der Waals surface area contributed by atoms with Crippen LogP contribution in [0, 0.1) is 5.41 Å². The van der Waals surface area contributed by atoms with Gasteiger partial charge in [-0.05, 0) is 29.9 Å². The molecular formula is C13H18O3. The number of ether oxygens (including phenoxy) is 2. The summed E-state index contributed by atoms with van der Waals surface area (Å²) in [6.45, 7) is 6.78. The Morgan fingerprint density at radius 3 is 2.81 bits per heavy atom. The minimum atomic E-state index is -0.410. The molecule has 0 amide bonds. The van der Waals surface area contributed by atoms with E-state index in [-0.39, 0.29) is 11.7 Å². The number of allylic oxidation sites excluding steroid dienone is 3. The van der Waals surface area contributed by atoms with Crippen LogP contribution in [-0.2, 0) is 14.3 Å². The third kappa shape index (κ3) is 1.97. The summed E-state index contributed by atoms with van der Waals surface area (Å²) in [5, 5.41) is 0. The molecule has 0 aromatic heterocycles. The number of hydrogen-bond acceptors (Lipinski definition) is 3. The molecule has 1 aliphatic heterocycles. The molecule has 2 unspecified atom stereocenters. The van der Waals surface area contributed by atoms with Gasteiger partial charge in [-0.3, -0.25) is 0 Å². The van der Waals surface area contributed by atoms with Gasteiger partial charge in [0.25, 0.3) is 0 Å². The maximum atomic E-state index is 10.6. The van der Waals surface area contributed by atoms with Gasteiger partial charge in [0.15, 0.2) is 12.6 Å². The molecule has 2 atom stereocenters. The molecule has 1 saturated heterocycles. The van der Waals surface area contributed by atoms with Crippen molar-refractivity contribution in [2.75, 3.05) is 6.61 Å². The highest BCUT2D eigenvalue weighted by molar-refractivity contribution is 5.56. The zero-order valence-electron chi connectivity index (χ0n) is 10.0. The van der Waals surface area contributed by atoms with E-state index in [2.05, 4.69) is 32.9 Å². The smallest absolute Gasteiger partial charge is 0.181 e. The Balaban J connectivity index is 2.25. The van der Waals surface area contributed by atoms with Gasteiger partial charge >= 0.3 is 0 Å². The van der Waals surface area contributed by atoms with Gasteiger partial charge in [-0.15, -0.1) is 0 Å². The van der Waals surface area contributed by atoms with Crippen LogP contribution in [0.2, 0.25) is 0 Å². The molecule has 0 spiro atoms. The molecule has 0 aromatic rings. The van der Waals surface area contributed by atoms with Crippen LogP contribution in [0.1, 0.15) is 27.2 Å². The molecule has 0 radical (unpaired) electrons. The summed E-state index contributed by atoms with van der Waals surface area (Å²) >= 11 is 0. The second-order valence-corrected chi connectivity index (χ2v) is 5.06. The molecule has 1 fully saturated rings. The van der Waals surface area contributed by atoms with Crippen LogP contribution in [0.25, 0.3) is 0 Å². The van der Waals surface area contributed by atoms with Gasteiger partial charge in [-0.1, -0.05) is 26.0 Å². The van der Waals surface area contributed by atoms with Crippen LogP contribution in [0.3, 0.4) is 0 Å². The molecule has 0 bridgehead atoms. The first kappa shape index (κ1) is 11.6. The average molecular weight is 222 g/mol. The van der Waals surface area contributed by atoms with E-state index in [1.54, 1.807) is 0 Å². The Morgan fingerprint density at radius 2 is 2.25 bits per heavy atom. The first-order valence-electron chi connectivity index (χ1n) is 5.65. The number of hydrogen-bond donors (Lipinski definition) is 0. The van der Waals surface area contributed by atoms with Crippen molar-refractivity contribution in [1.29, 1.82) is 0 Å². The van der Waals surface area contributed by atoms with Crippen molar-refractivity contribution in [3.8, 4) is 0 Å². The van der Waals surface area contributed by atoms with Gasteiger partial charge in [0.2, 0.25) is 0 Å². The lowest BCUT2D eigenvalue weighted by molar-refractivity contribution is -0.118. The van der Waals surface area contributed by atoms with Gasteiger partial charge in [-0.2, -0.15) is 0 Å². The van der Waals surface area contributed by atoms with Gasteiger partial charge in [0.1, 0.15) is 6.10 Å². The lowest BCUT2D eigenvalue weighted by Gasteiger charge is -2.34. The third-order valence-corrected chi connectivity index (χ3v) is 3.25. The van der Waals surface area contributed by atoms with Crippen molar-refractivity contribution in [3.63, 3.8) is 0 Å². The Hall–Kier alpha value is -0.930. The summed E-state index contributed by atoms with van der Waals surface area (Å²) in [5.74, 6) is 0. The molecule has 3 heteroatoms. The fraction of sp³-hybridized carbons (Fsp3) is 0.615. The summed E-state index contributed by atoms with van der Waals surface area (Å²) < 4.78 is 11.1. The van der Waals surface area contributed by atoms with Crippen molar-refractivity contribution in [3.05, 3.63) is 23.3 Å². The lowest BCUT2D eigenvalue weighted by Crippen LogP contribution is -2.28. The zero-order chi connectivity index (χ0) is 11.8. The van der Waals surface area contributed by atoms with Crippen LogP contribution >= 0.6 is 0 Å². The van der Waals surface area contributed by atoms with E-state index in [4.69, 9.17) is 9.47 Å². The van der Waals surface area contributed by atoms with Crippen molar-refractivity contribution in [2.45, 2.75) is 39.6 Å². The van der Waals surface area contributed by atoms with E-state index in [0.29, 0.717) is 6.61 Å². The Morgan fingerprint density at radius 1 is 1.50 bits per heavy atom. The summed E-state index contributed by atoms with van der Waals surface area (Å²) in [6, 6.07) is 0. The number of rotatable bonds is 2. The highest BCUT2D eigenvalue weighted by atomic mass is 16.7. The van der Waals surface area contributed by atoms with Crippen molar-refractivity contribution < 1.29 is 14.3 Å². The highest BCUT2D eigenvalue weighted by Gasteiger charge is 2.37. The van der Waals surface area contributed by atoms with Gasteiger partial charge < -0.3 is 14.3 Å². The summed E-state index contributed by atoms with van der Waals surface area (Å²) in [4.78, 5) is 10.6. The molecule has 2 rings (SSSR count). The average Bonchev–Trinajstić information content (AvgIpc) is 2.64. The maximum absolute atomic E-state index is 10.6. The molecule has 3 nitrogen and oxygen atoms in total. The van der Waals surface area contributed by atoms with Crippen LogP contribution in [0.4, 0.5) is 0 Å². The summed E-state index contributed by atoms with van der Waals surface area (Å²) in [7, 11) is 0. The second kappa shape index (κ2) is 4.15. The minimum Gasteiger partial charge on any atom is -0.345 e. The van der Waals surface area contributed by atoms with E-state index in [9.17, 15) is 4.79 Å². The monoisotopic (exact) mass is 222 g/mol. The topological polar surface area (TPSA) is 35.5 Å². The van der Waals surface area contributed by atoms with Crippen LogP contribution < -0.4 is 0 Å². The Labute approximate surface area is 96.1 Å².